The zero-order chi connectivity index (χ0) is 13.7. The maximum Gasteiger partial charge on any atom is 0.141 e. The van der Waals surface area contributed by atoms with Crippen molar-refractivity contribution >= 4 is 11.8 Å². The summed E-state index contributed by atoms with van der Waals surface area (Å²) in [7, 11) is 0. The van der Waals surface area contributed by atoms with Crippen molar-refractivity contribution in [3.05, 3.63) is 29.8 Å². The van der Waals surface area contributed by atoms with Crippen molar-refractivity contribution in [2.75, 3.05) is 6.26 Å². The van der Waals surface area contributed by atoms with Gasteiger partial charge in [0.05, 0.1) is 0 Å². The second-order valence-corrected chi connectivity index (χ2v) is 5.85. The Bertz CT molecular complexity index is 481. The van der Waals surface area contributed by atoms with Crippen LogP contribution in [-0.2, 0) is 0 Å². The van der Waals surface area contributed by atoms with Gasteiger partial charge in [0.2, 0.25) is 0 Å². The number of hydrogen-bond acceptors (Lipinski definition) is 3. The molecule has 1 saturated carbocycles. The highest BCUT2D eigenvalue weighted by atomic mass is 32.2. The maximum atomic E-state index is 10.3. The van der Waals surface area contributed by atoms with Gasteiger partial charge in [-0.2, -0.15) is 0 Å². The largest absolute Gasteiger partial charge is 0.378 e. The Balaban J connectivity index is 2.14. The first-order chi connectivity index (χ1) is 9.14. The fraction of sp³-hybridized carbons (Fsp3) is 0.500. The third-order valence-electron chi connectivity index (χ3n) is 3.56. The summed E-state index contributed by atoms with van der Waals surface area (Å²) in [5.41, 5.74) is -0.0741. The Hall–Kier alpha value is -0.950. The molecule has 0 bridgehead atoms. The van der Waals surface area contributed by atoms with E-state index in [2.05, 4.69) is 11.8 Å². The summed E-state index contributed by atoms with van der Waals surface area (Å²) in [5.74, 6) is 5.72. The SMILES string of the molecule is CSc1ccccc1C(O)C#CC1(O)CCCCC1. The summed E-state index contributed by atoms with van der Waals surface area (Å²) in [5, 5.41) is 20.5. The Morgan fingerprint density at radius 1 is 1.21 bits per heavy atom. The van der Waals surface area contributed by atoms with Crippen molar-refractivity contribution in [2.24, 2.45) is 0 Å². The molecule has 19 heavy (non-hydrogen) atoms. The van der Waals surface area contributed by atoms with Crippen LogP contribution in [0, 0.1) is 11.8 Å². The summed E-state index contributed by atoms with van der Waals surface area (Å²) in [6, 6.07) is 7.70. The first kappa shape index (κ1) is 14.5. The first-order valence-electron chi connectivity index (χ1n) is 6.71. The van der Waals surface area contributed by atoms with Crippen LogP contribution in [0.15, 0.2) is 29.2 Å². The second-order valence-electron chi connectivity index (χ2n) is 5.01. The van der Waals surface area contributed by atoms with E-state index in [4.69, 9.17) is 0 Å². The Morgan fingerprint density at radius 3 is 2.58 bits per heavy atom. The molecule has 1 unspecified atom stereocenters. The lowest BCUT2D eigenvalue weighted by Gasteiger charge is -2.26. The van der Waals surface area contributed by atoms with E-state index in [1.807, 2.05) is 30.5 Å². The Labute approximate surface area is 119 Å². The van der Waals surface area contributed by atoms with E-state index < -0.39 is 11.7 Å². The minimum absolute atomic E-state index is 0.719. The molecule has 1 aromatic carbocycles. The van der Waals surface area contributed by atoms with E-state index >= 15 is 0 Å². The lowest BCUT2D eigenvalue weighted by Crippen LogP contribution is -2.29. The van der Waals surface area contributed by atoms with Crippen molar-refractivity contribution in [3.63, 3.8) is 0 Å². The average Bonchev–Trinajstić information content (AvgIpc) is 2.45. The fourth-order valence-corrected chi connectivity index (χ4v) is 3.06. The molecule has 0 spiro atoms. The number of rotatable bonds is 2. The highest BCUT2D eigenvalue weighted by Gasteiger charge is 2.26. The monoisotopic (exact) mass is 276 g/mol. The summed E-state index contributed by atoms with van der Waals surface area (Å²) < 4.78 is 0. The van der Waals surface area contributed by atoms with Crippen molar-refractivity contribution in [2.45, 2.75) is 48.7 Å². The molecule has 1 aliphatic rings. The van der Waals surface area contributed by atoms with Gasteiger partial charge in [0.1, 0.15) is 11.7 Å². The van der Waals surface area contributed by atoms with Crippen molar-refractivity contribution in [1.82, 2.24) is 0 Å². The number of benzene rings is 1. The molecule has 1 fully saturated rings. The molecule has 0 aliphatic heterocycles. The third-order valence-corrected chi connectivity index (χ3v) is 4.37. The van der Waals surface area contributed by atoms with Gasteiger partial charge in [0.25, 0.3) is 0 Å². The van der Waals surface area contributed by atoms with Gasteiger partial charge in [-0.15, -0.1) is 11.8 Å². The summed E-state index contributed by atoms with van der Waals surface area (Å²) in [4.78, 5) is 1.03. The standard InChI is InChI=1S/C16H20O2S/c1-19-15-8-4-3-7-13(15)14(17)9-12-16(18)10-5-2-6-11-16/h3-4,7-8,14,17-18H,2,5-6,10-11H2,1H3. The topological polar surface area (TPSA) is 40.5 Å². The van der Waals surface area contributed by atoms with Crippen LogP contribution in [-0.4, -0.2) is 22.1 Å². The normalized spacial score (nSPS) is 19.3. The lowest BCUT2D eigenvalue weighted by atomic mass is 9.85. The van der Waals surface area contributed by atoms with E-state index in [1.54, 1.807) is 11.8 Å². The molecule has 102 valence electrons. The maximum absolute atomic E-state index is 10.3. The van der Waals surface area contributed by atoms with Gasteiger partial charge in [0.15, 0.2) is 0 Å². The summed E-state index contributed by atoms with van der Waals surface area (Å²) in [6.07, 6.45) is 5.80. The zero-order valence-electron chi connectivity index (χ0n) is 11.2. The number of hydrogen-bond donors (Lipinski definition) is 2. The van der Waals surface area contributed by atoms with Crippen LogP contribution >= 0.6 is 11.8 Å². The van der Waals surface area contributed by atoms with Gasteiger partial charge >= 0.3 is 0 Å². The molecule has 2 nitrogen and oxygen atoms in total. The highest BCUT2D eigenvalue weighted by Crippen LogP contribution is 2.29. The first-order valence-corrected chi connectivity index (χ1v) is 7.93. The van der Waals surface area contributed by atoms with E-state index in [0.29, 0.717) is 0 Å². The van der Waals surface area contributed by atoms with Crippen LogP contribution in [0.4, 0.5) is 0 Å². The summed E-state index contributed by atoms with van der Waals surface area (Å²) in [6.45, 7) is 0. The summed E-state index contributed by atoms with van der Waals surface area (Å²) >= 11 is 1.59. The molecule has 1 atom stereocenters. The second kappa shape index (κ2) is 6.47. The predicted molar refractivity (Wildman–Crippen MR) is 79.0 cm³/mol. The van der Waals surface area contributed by atoms with Crippen LogP contribution in [0.3, 0.4) is 0 Å². The molecule has 2 rings (SSSR count). The molecule has 0 amide bonds. The number of aliphatic hydroxyl groups is 2. The van der Waals surface area contributed by atoms with Gasteiger partial charge in [-0.3, -0.25) is 0 Å². The fourth-order valence-electron chi connectivity index (χ4n) is 2.43. The molecule has 0 heterocycles. The quantitative estimate of drug-likeness (QED) is 0.644. The van der Waals surface area contributed by atoms with Gasteiger partial charge in [-0.25, -0.2) is 0 Å². The van der Waals surface area contributed by atoms with Crippen LogP contribution in [0.5, 0.6) is 0 Å². The molecule has 3 heteroatoms. The zero-order valence-corrected chi connectivity index (χ0v) is 12.0. The number of thioether (sulfide) groups is 1. The molecule has 2 N–H and O–H groups in total. The van der Waals surface area contributed by atoms with Gasteiger partial charge in [-0.1, -0.05) is 36.5 Å². The van der Waals surface area contributed by atoms with Crippen LogP contribution in [0.1, 0.15) is 43.8 Å². The van der Waals surface area contributed by atoms with Crippen molar-refractivity contribution in [3.8, 4) is 11.8 Å². The van der Waals surface area contributed by atoms with Crippen molar-refractivity contribution in [1.29, 1.82) is 0 Å². The third kappa shape index (κ3) is 3.76. The molecule has 0 radical (unpaired) electrons. The average molecular weight is 276 g/mol. The minimum atomic E-state index is -0.895. The minimum Gasteiger partial charge on any atom is -0.378 e. The molecule has 0 aromatic heterocycles. The Kier molecular flexibility index (Phi) is 4.93. The van der Waals surface area contributed by atoms with Crippen molar-refractivity contribution < 1.29 is 10.2 Å². The molecule has 1 aromatic rings. The molecule has 0 saturated heterocycles. The highest BCUT2D eigenvalue weighted by molar-refractivity contribution is 7.98. The van der Waals surface area contributed by atoms with Crippen LogP contribution in [0.2, 0.25) is 0 Å². The van der Waals surface area contributed by atoms with E-state index in [9.17, 15) is 10.2 Å². The van der Waals surface area contributed by atoms with Gasteiger partial charge in [-0.05, 0) is 38.0 Å². The van der Waals surface area contributed by atoms with E-state index in [-0.39, 0.29) is 0 Å². The van der Waals surface area contributed by atoms with Gasteiger partial charge in [0, 0.05) is 10.5 Å². The molecule has 1 aliphatic carbocycles. The molecular formula is C16H20O2S. The lowest BCUT2D eigenvalue weighted by molar-refractivity contribution is 0.0604. The van der Waals surface area contributed by atoms with Crippen LogP contribution in [0.25, 0.3) is 0 Å². The van der Waals surface area contributed by atoms with Crippen LogP contribution < -0.4 is 0 Å². The van der Waals surface area contributed by atoms with E-state index in [0.717, 1.165) is 36.1 Å². The predicted octanol–water partition coefficient (Wildman–Crippen LogP) is 3.14. The Morgan fingerprint density at radius 2 is 1.89 bits per heavy atom. The number of aliphatic hydroxyl groups excluding tert-OH is 1. The van der Waals surface area contributed by atoms with E-state index in [1.165, 1.54) is 6.42 Å². The molecular weight excluding hydrogens is 256 g/mol. The smallest absolute Gasteiger partial charge is 0.141 e. The van der Waals surface area contributed by atoms with Gasteiger partial charge < -0.3 is 10.2 Å².